The minimum Gasteiger partial charge on any atom is -0.355 e. The van der Waals surface area contributed by atoms with Crippen LogP contribution in [-0.4, -0.2) is 43.0 Å². The summed E-state index contributed by atoms with van der Waals surface area (Å²) in [5.41, 5.74) is 5.44. The van der Waals surface area contributed by atoms with E-state index < -0.39 is 0 Å². The number of nitrogens with zero attached hydrogens (tertiary/aromatic N) is 1. The first-order valence-electron chi connectivity index (χ1n) is 7.98. The summed E-state index contributed by atoms with van der Waals surface area (Å²) in [6, 6.07) is 0.556. The summed E-state index contributed by atoms with van der Waals surface area (Å²) in [6.45, 7) is 6.09. The molecule has 1 aliphatic rings. The lowest BCUT2D eigenvalue weighted by molar-refractivity contribution is -0.121. The molecule has 0 spiro atoms. The number of rotatable bonds is 9. The van der Waals surface area contributed by atoms with Crippen LogP contribution >= 0.6 is 0 Å². The van der Waals surface area contributed by atoms with Crippen LogP contribution in [0.5, 0.6) is 0 Å². The molecule has 112 valence electrons. The molecule has 0 saturated carbocycles. The van der Waals surface area contributed by atoms with Gasteiger partial charge >= 0.3 is 0 Å². The molecule has 4 heteroatoms. The van der Waals surface area contributed by atoms with E-state index in [1.807, 2.05) is 0 Å². The van der Waals surface area contributed by atoms with Crippen LogP contribution in [0.4, 0.5) is 0 Å². The van der Waals surface area contributed by atoms with Crippen molar-refractivity contribution in [2.45, 2.75) is 64.3 Å². The highest BCUT2D eigenvalue weighted by molar-refractivity contribution is 5.75. The van der Waals surface area contributed by atoms with Gasteiger partial charge in [0.05, 0.1) is 0 Å². The SMILES string of the molecule is CCN1CCCCC1CNC(=O)CCCCCCN. The van der Waals surface area contributed by atoms with Gasteiger partial charge in [0, 0.05) is 19.0 Å². The molecule has 1 heterocycles. The number of nitrogens with one attached hydrogen (secondary N) is 1. The molecular formula is C15H31N3O. The van der Waals surface area contributed by atoms with Gasteiger partial charge in [-0.2, -0.15) is 0 Å². The van der Waals surface area contributed by atoms with Gasteiger partial charge in [-0.15, -0.1) is 0 Å². The van der Waals surface area contributed by atoms with E-state index in [2.05, 4.69) is 17.1 Å². The van der Waals surface area contributed by atoms with Crippen molar-refractivity contribution in [3.05, 3.63) is 0 Å². The second kappa shape index (κ2) is 10.2. The third-order valence-electron chi connectivity index (χ3n) is 4.05. The number of amides is 1. The highest BCUT2D eigenvalue weighted by atomic mass is 16.1. The van der Waals surface area contributed by atoms with E-state index in [0.29, 0.717) is 12.5 Å². The van der Waals surface area contributed by atoms with E-state index in [4.69, 9.17) is 5.73 Å². The van der Waals surface area contributed by atoms with Gasteiger partial charge < -0.3 is 11.1 Å². The van der Waals surface area contributed by atoms with Crippen molar-refractivity contribution in [2.24, 2.45) is 5.73 Å². The van der Waals surface area contributed by atoms with Crippen LogP contribution in [0.3, 0.4) is 0 Å². The molecule has 0 aliphatic carbocycles. The first kappa shape index (κ1) is 16.4. The van der Waals surface area contributed by atoms with E-state index in [1.54, 1.807) is 0 Å². The topological polar surface area (TPSA) is 58.4 Å². The molecule has 0 radical (unpaired) electrons. The molecule has 3 N–H and O–H groups in total. The van der Waals surface area contributed by atoms with E-state index in [9.17, 15) is 4.79 Å². The second-order valence-corrected chi connectivity index (χ2v) is 5.54. The summed E-state index contributed by atoms with van der Waals surface area (Å²) in [5, 5.41) is 3.10. The number of carbonyl (C=O) groups is 1. The van der Waals surface area contributed by atoms with Crippen LogP contribution in [0.2, 0.25) is 0 Å². The van der Waals surface area contributed by atoms with E-state index in [-0.39, 0.29) is 5.91 Å². The molecule has 1 unspecified atom stereocenters. The van der Waals surface area contributed by atoms with Gasteiger partial charge in [-0.25, -0.2) is 0 Å². The molecule has 0 aromatic heterocycles. The van der Waals surface area contributed by atoms with Crippen molar-refractivity contribution < 1.29 is 4.79 Å². The fourth-order valence-electron chi connectivity index (χ4n) is 2.81. The van der Waals surface area contributed by atoms with Crippen LogP contribution in [0.25, 0.3) is 0 Å². The highest BCUT2D eigenvalue weighted by Gasteiger charge is 2.20. The number of likely N-dealkylation sites (tertiary alicyclic amines) is 1. The average Bonchev–Trinajstić information content (AvgIpc) is 2.45. The molecule has 1 amide bonds. The Labute approximate surface area is 118 Å². The Morgan fingerprint density at radius 3 is 2.79 bits per heavy atom. The smallest absolute Gasteiger partial charge is 0.220 e. The number of nitrogens with two attached hydrogens (primary N) is 1. The van der Waals surface area contributed by atoms with E-state index >= 15 is 0 Å². The summed E-state index contributed by atoms with van der Waals surface area (Å²) in [4.78, 5) is 14.3. The van der Waals surface area contributed by atoms with Gasteiger partial charge in [-0.1, -0.05) is 26.2 Å². The molecule has 0 aromatic rings. The summed E-state index contributed by atoms with van der Waals surface area (Å²) >= 11 is 0. The van der Waals surface area contributed by atoms with Crippen LogP contribution in [0, 0.1) is 0 Å². The minimum atomic E-state index is 0.217. The lowest BCUT2D eigenvalue weighted by atomic mass is 10.0. The third kappa shape index (κ3) is 6.92. The number of piperidine rings is 1. The van der Waals surface area contributed by atoms with Crippen LogP contribution in [0.15, 0.2) is 0 Å². The number of carbonyl (C=O) groups excluding carboxylic acids is 1. The Kier molecular flexibility index (Phi) is 8.84. The third-order valence-corrected chi connectivity index (χ3v) is 4.05. The maximum absolute atomic E-state index is 11.8. The van der Waals surface area contributed by atoms with Crippen molar-refractivity contribution in [3.63, 3.8) is 0 Å². The maximum atomic E-state index is 11.8. The van der Waals surface area contributed by atoms with Crippen LogP contribution in [0.1, 0.15) is 58.3 Å². The zero-order valence-corrected chi connectivity index (χ0v) is 12.5. The Balaban J connectivity index is 2.08. The van der Waals surface area contributed by atoms with Crippen molar-refractivity contribution in [3.8, 4) is 0 Å². The van der Waals surface area contributed by atoms with Crippen molar-refractivity contribution in [1.82, 2.24) is 10.2 Å². The van der Waals surface area contributed by atoms with E-state index in [0.717, 1.165) is 45.3 Å². The molecule has 1 fully saturated rings. The maximum Gasteiger partial charge on any atom is 0.220 e. The summed E-state index contributed by atoms with van der Waals surface area (Å²) in [6.07, 6.45) is 8.85. The molecule has 1 aliphatic heterocycles. The fraction of sp³-hybridized carbons (Fsp3) is 0.933. The number of unbranched alkanes of at least 4 members (excludes halogenated alkanes) is 3. The Morgan fingerprint density at radius 1 is 1.26 bits per heavy atom. The van der Waals surface area contributed by atoms with Crippen LogP contribution in [-0.2, 0) is 4.79 Å². The highest BCUT2D eigenvalue weighted by Crippen LogP contribution is 2.15. The number of hydrogen-bond acceptors (Lipinski definition) is 3. The molecule has 0 bridgehead atoms. The van der Waals surface area contributed by atoms with Gasteiger partial charge in [0.25, 0.3) is 0 Å². The summed E-state index contributed by atoms with van der Waals surface area (Å²) in [7, 11) is 0. The van der Waals surface area contributed by atoms with Gasteiger partial charge in [0.15, 0.2) is 0 Å². The monoisotopic (exact) mass is 269 g/mol. The zero-order chi connectivity index (χ0) is 13.9. The summed E-state index contributed by atoms with van der Waals surface area (Å²) < 4.78 is 0. The lowest BCUT2D eigenvalue weighted by Gasteiger charge is -2.34. The second-order valence-electron chi connectivity index (χ2n) is 5.54. The Hall–Kier alpha value is -0.610. The number of hydrogen-bond donors (Lipinski definition) is 2. The van der Waals surface area contributed by atoms with E-state index in [1.165, 1.54) is 25.8 Å². The van der Waals surface area contributed by atoms with Gasteiger partial charge in [0.1, 0.15) is 0 Å². The number of likely N-dealkylation sites (N-methyl/N-ethyl adjacent to an activating group) is 1. The zero-order valence-electron chi connectivity index (χ0n) is 12.5. The molecule has 4 nitrogen and oxygen atoms in total. The van der Waals surface area contributed by atoms with Crippen molar-refractivity contribution in [1.29, 1.82) is 0 Å². The fourth-order valence-corrected chi connectivity index (χ4v) is 2.81. The minimum absolute atomic E-state index is 0.217. The van der Waals surface area contributed by atoms with Gasteiger partial charge in [0.2, 0.25) is 5.91 Å². The van der Waals surface area contributed by atoms with Crippen molar-refractivity contribution in [2.75, 3.05) is 26.2 Å². The molecule has 1 atom stereocenters. The predicted molar refractivity (Wildman–Crippen MR) is 80.0 cm³/mol. The average molecular weight is 269 g/mol. The Morgan fingerprint density at radius 2 is 2.05 bits per heavy atom. The molecule has 0 aromatic carbocycles. The summed E-state index contributed by atoms with van der Waals surface area (Å²) in [5.74, 6) is 0.217. The molecule has 1 saturated heterocycles. The lowest BCUT2D eigenvalue weighted by Crippen LogP contribution is -2.46. The van der Waals surface area contributed by atoms with Gasteiger partial charge in [-0.05, 0) is 45.3 Å². The predicted octanol–water partition coefficient (Wildman–Crippen LogP) is 1.89. The normalized spacial score (nSPS) is 20.4. The quantitative estimate of drug-likeness (QED) is 0.628. The largest absolute Gasteiger partial charge is 0.355 e. The standard InChI is InChI=1S/C15H31N3O/c1-2-18-12-8-6-9-14(18)13-17-15(19)10-5-3-4-7-11-16/h14H,2-13,16H2,1H3,(H,17,19). The van der Waals surface area contributed by atoms with Gasteiger partial charge in [-0.3, -0.25) is 9.69 Å². The Bertz CT molecular complexity index is 246. The van der Waals surface area contributed by atoms with Crippen molar-refractivity contribution >= 4 is 5.91 Å². The molecular weight excluding hydrogens is 238 g/mol. The molecule has 19 heavy (non-hydrogen) atoms. The van der Waals surface area contributed by atoms with Crippen LogP contribution < -0.4 is 11.1 Å². The first-order chi connectivity index (χ1) is 9.27. The molecule has 1 rings (SSSR count). The first-order valence-corrected chi connectivity index (χ1v) is 7.98.